The second-order valence-electron chi connectivity index (χ2n) is 9.45. The topological polar surface area (TPSA) is 82.2 Å². The van der Waals surface area contributed by atoms with E-state index in [4.69, 9.17) is 9.97 Å². The number of carbonyl (C=O) groups excluding carboxylic acids is 1. The molecule has 2 aromatic carbocycles. The summed E-state index contributed by atoms with van der Waals surface area (Å²) < 4.78 is 0. The molecule has 2 heterocycles. The summed E-state index contributed by atoms with van der Waals surface area (Å²) in [6.45, 7) is 0.747. The van der Waals surface area contributed by atoms with Crippen LogP contribution in [-0.4, -0.2) is 48.6 Å². The molecule has 180 valence electrons. The Morgan fingerprint density at radius 3 is 2.53 bits per heavy atom. The van der Waals surface area contributed by atoms with E-state index >= 15 is 0 Å². The quantitative estimate of drug-likeness (QED) is 0.504. The number of amides is 1. The molecule has 0 spiro atoms. The van der Waals surface area contributed by atoms with Crippen LogP contribution >= 0.6 is 0 Å². The maximum absolute atomic E-state index is 12.6. The van der Waals surface area contributed by atoms with Crippen molar-refractivity contribution >= 4 is 34.3 Å². The largest absolute Gasteiger partial charge is 0.373 e. The molecular weight excluding hydrogens is 424 g/mol. The molecule has 0 saturated heterocycles. The highest BCUT2D eigenvalue weighted by atomic mass is 16.2. The van der Waals surface area contributed by atoms with Crippen LogP contribution in [0.2, 0.25) is 0 Å². The molecule has 5 rings (SSSR count). The maximum atomic E-state index is 12.6. The third-order valence-electron chi connectivity index (χ3n) is 6.84. The molecule has 1 aliphatic carbocycles. The number of rotatable bonds is 6. The van der Waals surface area contributed by atoms with E-state index < -0.39 is 0 Å². The SMILES string of the molecule is C.CN(C)c1nc(NC2CCC(CNC(=O)C3Cc4ccccc4N3)CC2)nc2ccccc12. The Morgan fingerprint density at radius 2 is 1.76 bits per heavy atom. The number of benzene rings is 2. The van der Waals surface area contributed by atoms with Crippen molar-refractivity contribution in [1.82, 2.24) is 15.3 Å². The average molecular weight is 461 g/mol. The number of para-hydroxylation sites is 2. The number of nitrogens with one attached hydrogen (secondary N) is 3. The Labute approximate surface area is 202 Å². The van der Waals surface area contributed by atoms with Crippen molar-refractivity contribution in [3.63, 3.8) is 0 Å². The smallest absolute Gasteiger partial charge is 0.242 e. The minimum atomic E-state index is -0.156. The van der Waals surface area contributed by atoms with E-state index in [0.717, 1.165) is 61.1 Å². The third kappa shape index (κ3) is 5.08. The van der Waals surface area contributed by atoms with E-state index in [9.17, 15) is 4.79 Å². The van der Waals surface area contributed by atoms with Crippen molar-refractivity contribution in [2.24, 2.45) is 5.92 Å². The summed E-state index contributed by atoms with van der Waals surface area (Å²) in [6.07, 6.45) is 5.05. The first-order valence-electron chi connectivity index (χ1n) is 11.9. The molecule has 3 aromatic rings. The molecule has 1 amide bonds. The molecule has 7 heteroatoms. The zero-order valence-electron chi connectivity index (χ0n) is 19.3. The van der Waals surface area contributed by atoms with E-state index in [2.05, 4.69) is 28.1 Å². The van der Waals surface area contributed by atoms with Gasteiger partial charge in [0.1, 0.15) is 11.9 Å². The standard InChI is InChI=1S/C26H32N6O.CH4/c1-32(2)24-20-8-4-6-10-22(20)30-26(31-24)28-19-13-11-17(12-14-19)16-27-25(33)23-15-18-7-3-5-9-21(18)29-23;/h3-10,17,19,23,29H,11-16H2,1-2H3,(H,27,33)(H,28,30,31);1H4. The van der Waals surface area contributed by atoms with Gasteiger partial charge >= 0.3 is 0 Å². The number of hydrogen-bond acceptors (Lipinski definition) is 6. The molecule has 1 unspecified atom stereocenters. The summed E-state index contributed by atoms with van der Waals surface area (Å²) in [5, 5.41) is 11.1. The Hall–Kier alpha value is -3.35. The van der Waals surface area contributed by atoms with Crippen LogP contribution in [0.25, 0.3) is 10.9 Å². The van der Waals surface area contributed by atoms with Gasteiger partial charge in [-0.1, -0.05) is 37.8 Å². The number of hydrogen-bond donors (Lipinski definition) is 3. The summed E-state index contributed by atoms with van der Waals surface area (Å²) in [7, 11) is 4.02. The zero-order valence-corrected chi connectivity index (χ0v) is 19.3. The van der Waals surface area contributed by atoms with Gasteiger partial charge in [0.25, 0.3) is 0 Å². The number of nitrogens with zero attached hydrogens (tertiary/aromatic N) is 3. The first kappa shape index (κ1) is 23.8. The van der Waals surface area contributed by atoms with Crippen molar-refractivity contribution in [2.45, 2.75) is 51.6 Å². The molecule has 1 fully saturated rings. The Kier molecular flexibility index (Phi) is 7.20. The normalized spacial score (nSPS) is 21.2. The van der Waals surface area contributed by atoms with Gasteiger partial charge in [-0.2, -0.15) is 4.98 Å². The molecule has 1 aromatic heterocycles. The molecule has 2 aliphatic rings. The van der Waals surface area contributed by atoms with Gasteiger partial charge in [-0.25, -0.2) is 4.98 Å². The Morgan fingerprint density at radius 1 is 1.03 bits per heavy atom. The fourth-order valence-electron chi connectivity index (χ4n) is 4.98. The molecule has 0 bridgehead atoms. The average Bonchev–Trinajstić information content (AvgIpc) is 3.27. The van der Waals surface area contributed by atoms with Crippen LogP contribution in [0, 0.1) is 5.92 Å². The van der Waals surface area contributed by atoms with Gasteiger partial charge in [0, 0.05) is 44.2 Å². The fraction of sp³-hybridized carbons (Fsp3) is 0.444. The number of fused-ring (bicyclic) bond motifs is 2. The monoisotopic (exact) mass is 460 g/mol. The molecule has 34 heavy (non-hydrogen) atoms. The van der Waals surface area contributed by atoms with Crippen LogP contribution < -0.4 is 20.9 Å². The lowest BCUT2D eigenvalue weighted by Crippen LogP contribution is -2.41. The predicted molar refractivity (Wildman–Crippen MR) is 141 cm³/mol. The first-order chi connectivity index (χ1) is 16.1. The van der Waals surface area contributed by atoms with Crippen LogP contribution in [0.15, 0.2) is 48.5 Å². The second kappa shape index (κ2) is 10.3. The lowest BCUT2D eigenvalue weighted by atomic mass is 9.86. The van der Waals surface area contributed by atoms with Crippen molar-refractivity contribution in [3.05, 3.63) is 54.1 Å². The van der Waals surface area contributed by atoms with Crippen LogP contribution in [0.4, 0.5) is 17.5 Å². The van der Waals surface area contributed by atoms with Crippen molar-refractivity contribution in [3.8, 4) is 0 Å². The predicted octanol–water partition coefficient (Wildman–Crippen LogP) is 4.46. The van der Waals surface area contributed by atoms with Gasteiger partial charge in [0.05, 0.1) is 5.52 Å². The van der Waals surface area contributed by atoms with Crippen molar-refractivity contribution in [2.75, 3.05) is 36.2 Å². The lowest BCUT2D eigenvalue weighted by Gasteiger charge is -2.29. The summed E-state index contributed by atoms with van der Waals surface area (Å²) in [5.41, 5.74) is 3.26. The van der Waals surface area contributed by atoms with Crippen LogP contribution in [0.3, 0.4) is 0 Å². The molecule has 0 radical (unpaired) electrons. The highest BCUT2D eigenvalue weighted by molar-refractivity contribution is 5.90. The third-order valence-corrected chi connectivity index (χ3v) is 6.84. The van der Waals surface area contributed by atoms with E-state index in [1.807, 2.05) is 55.4 Å². The maximum Gasteiger partial charge on any atom is 0.242 e. The summed E-state index contributed by atoms with van der Waals surface area (Å²) in [6, 6.07) is 16.5. The van der Waals surface area contributed by atoms with E-state index in [1.54, 1.807) is 0 Å². The van der Waals surface area contributed by atoms with E-state index in [1.165, 1.54) is 5.56 Å². The number of carbonyl (C=O) groups is 1. The summed E-state index contributed by atoms with van der Waals surface area (Å²) in [4.78, 5) is 24.2. The molecule has 1 saturated carbocycles. The van der Waals surface area contributed by atoms with Gasteiger partial charge in [-0.05, 0) is 55.4 Å². The van der Waals surface area contributed by atoms with Crippen LogP contribution in [-0.2, 0) is 11.2 Å². The van der Waals surface area contributed by atoms with Gasteiger partial charge in [-0.15, -0.1) is 0 Å². The number of anilines is 3. The molecule has 1 aliphatic heterocycles. The first-order valence-corrected chi connectivity index (χ1v) is 11.9. The Balaban J connectivity index is 0.00000274. The van der Waals surface area contributed by atoms with Gasteiger partial charge in [-0.3, -0.25) is 4.79 Å². The van der Waals surface area contributed by atoms with Crippen LogP contribution in [0.5, 0.6) is 0 Å². The fourth-order valence-corrected chi connectivity index (χ4v) is 4.98. The van der Waals surface area contributed by atoms with Gasteiger partial charge < -0.3 is 20.9 Å². The van der Waals surface area contributed by atoms with Gasteiger partial charge in [0.15, 0.2) is 0 Å². The van der Waals surface area contributed by atoms with Crippen molar-refractivity contribution in [1.29, 1.82) is 0 Å². The molecular formula is C27H36N6O. The van der Waals surface area contributed by atoms with E-state index in [-0.39, 0.29) is 19.4 Å². The van der Waals surface area contributed by atoms with Gasteiger partial charge in [0.2, 0.25) is 11.9 Å². The molecule has 1 atom stereocenters. The van der Waals surface area contributed by atoms with Crippen molar-refractivity contribution < 1.29 is 4.79 Å². The highest BCUT2D eigenvalue weighted by Gasteiger charge is 2.28. The zero-order chi connectivity index (χ0) is 22.8. The Bertz CT molecular complexity index is 1110. The molecule has 3 N–H and O–H groups in total. The lowest BCUT2D eigenvalue weighted by molar-refractivity contribution is -0.121. The van der Waals surface area contributed by atoms with E-state index in [0.29, 0.717) is 17.9 Å². The minimum absolute atomic E-state index is 0. The number of aromatic nitrogens is 2. The summed E-state index contributed by atoms with van der Waals surface area (Å²) >= 11 is 0. The summed E-state index contributed by atoms with van der Waals surface area (Å²) in [5.74, 6) is 2.25. The highest BCUT2D eigenvalue weighted by Crippen LogP contribution is 2.29. The molecule has 7 nitrogen and oxygen atoms in total. The second-order valence-corrected chi connectivity index (χ2v) is 9.45. The van der Waals surface area contributed by atoms with Crippen LogP contribution in [0.1, 0.15) is 38.7 Å². The minimum Gasteiger partial charge on any atom is -0.373 e.